The Labute approximate surface area is 198 Å². The quantitative estimate of drug-likeness (QED) is 0.444. The van der Waals surface area contributed by atoms with Gasteiger partial charge in [-0.3, -0.25) is 14.5 Å². The van der Waals surface area contributed by atoms with Crippen molar-refractivity contribution >= 4 is 33.6 Å². The van der Waals surface area contributed by atoms with Gasteiger partial charge in [0.05, 0.1) is 4.90 Å². The number of fused-ring (bicyclic) bond motifs is 1. The predicted molar refractivity (Wildman–Crippen MR) is 122 cm³/mol. The third kappa shape index (κ3) is 5.68. The fourth-order valence-electron chi connectivity index (χ4n) is 5.72. The molecule has 1 aromatic rings. The van der Waals surface area contributed by atoms with Gasteiger partial charge in [-0.15, -0.1) is 0 Å². The van der Waals surface area contributed by atoms with Gasteiger partial charge in [0, 0.05) is 24.2 Å². The summed E-state index contributed by atoms with van der Waals surface area (Å²) in [5.74, 6) is -0.738. The van der Waals surface area contributed by atoms with Crippen LogP contribution in [0.15, 0.2) is 29.2 Å². The maximum absolute atomic E-state index is 12.8. The highest BCUT2D eigenvalue weighted by Crippen LogP contribution is 2.39. The number of aliphatic carboxylic acids is 2. The van der Waals surface area contributed by atoms with Gasteiger partial charge in [-0.2, -0.15) is 0 Å². The molecule has 4 rings (SSSR count). The third-order valence-electron chi connectivity index (χ3n) is 7.32. The molecule has 2 aliphatic heterocycles. The molecular formula is C22H30ClN3O6S. The highest BCUT2D eigenvalue weighted by molar-refractivity contribution is 7.89. The van der Waals surface area contributed by atoms with Crippen molar-refractivity contribution in [2.75, 3.05) is 19.6 Å². The third-order valence-corrected chi connectivity index (χ3v) is 9.07. The smallest absolute Gasteiger partial charge is 0.320 e. The number of rotatable bonds is 7. The number of carboxylic acids is 2. The number of likely N-dealkylation sites (tertiary alicyclic amines) is 1. The largest absolute Gasteiger partial charge is 0.480 e. The van der Waals surface area contributed by atoms with Crippen molar-refractivity contribution < 1.29 is 28.2 Å². The number of benzene rings is 1. The molecule has 3 aliphatic rings. The van der Waals surface area contributed by atoms with Crippen molar-refractivity contribution in [3.63, 3.8) is 0 Å². The average molecular weight is 500 g/mol. The Kier molecular flexibility index (Phi) is 7.30. The highest BCUT2D eigenvalue weighted by Gasteiger charge is 2.42. The molecule has 182 valence electrons. The summed E-state index contributed by atoms with van der Waals surface area (Å²) in [4.78, 5) is 25.2. The van der Waals surface area contributed by atoms with Crippen molar-refractivity contribution in [2.24, 2.45) is 17.8 Å². The lowest BCUT2D eigenvalue weighted by atomic mass is 9.69. The molecule has 0 bridgehead atoms. The first-order chi connectivity index (χ1) is 15.6. The number of carbonyl (C=O) groups is 2. The van der Waals surface area contributed by atoms with Gasteiger partial charge < -0.3 is 15.5 Å². The number of hydrogen-bond donors (Lipinski definition) is 4. The van der Waals surface area contributed by atoms with Crippen LogP contribution >= 0.6 is 11.6 Å². The van der Waals surface area contributed by atoms with Crippen LogP contribution in [-0.2, 0) is 19.6 Å². The Morgan fingerprint density at radius 2 is 1.91 bits per heavy atom. The first-order valence-electron chi connectivity index (χ1n) is 11.3. The molecule has 1 saturated carbocycles. The molecule has 0 spiro atoms. The topological polar surface area (TPSA) is 136 Å². The van der Waals surface area contributed by atoms with Crippen LogP contribution in [0.3, 0.4) is 0 Å². The van der Waals surface area contributed by atoms with Crippen molar-refractivity contribution in [2.45, 2.75) is 55.1 Å². The van der Waals surface area contributed by atoms with Crippen LogP contribution in [0.4, 0.5) is 0 Å². The second-order valence-electron chi connectivity index (χ2n) is 9.55. The van der Waals surface area contributed by atoms with Gasteiger partial charge in [-0.1, -0.05) is 17.7 Å². The summed E-state index contributed by atoms with van der Waals surface area (Å²) in [7, 11) is -3.82. The molecule has 6 atom stereocenters. The van der Waals surface area contributed by atoms with Gasteiger partial charge in [-0.05, 0) is 74.6 Å². The molecule has 11 heteroatoms. The number of nitrogens with one attached hydrogen (secondary N) is 2. The van der Waals surface area contributed by atoms with Gasteiger partial charge >= 0.3 is 11.9 Å². The van der Waals surface area contributed by atoms with Crippen molar-refractivity contribution in [3.05, 3.63) is 29.3 Å². The number of hydrogen-bond acceptors (Lipinski definition) is 6. The summed E-state index contributed by atoms with van der Waals surface area (Å²) in [5, 5.41) is 22.5. The van der Waals surface area contributed by atoms with E-state index in [0.717, 1.165) is 19.3 Å². The van der Waals surface area contributed by atoms with Gasteiger partial charge in [0.15, 0.2) is 0 Å². The van der Waals surface area contributed by atoms with E-state index in [2.05, 4.69) is 10.0 Å². The molecule has 0 radical (unpaired) electrons. The minimum Gasteiger partial charge on any atom is -0.480 e. The number of halogens is 1. The van der Waals surface area contributed by atoms with Crippen LogP contribution in [0.5, 0.6) is 0 Å². The summed E-state index contributed by atoms with van der Waals surface area (Å²) in [6.07, 6.45) is 3.62. The summed E-state index contributed by atoms with van der Waals surface area (Å²) >= 11 is 5.92. The molecule has 2 saturated heterocycles. The fourth-order valence-corrected chi connectivity index (χ4v) is 7.26. The number of sulfonamides is 1. The Morgan fingerprint density at radius 3 is 2.61 bits per heavy atom. The Hall–Kier alpha value is -1.72. The number of nitrogens with zero attached hydrogens (tertiary/aromatic N) is 1. The van der Waals surface area contributed by atoms with E-state index in [0.29, 0.717) is 42.9 Å². The first kappa shape index (κ1) is 24.4. The molecule has 1 aromatic carbocycles. The fraction of sp³-hybridized carbons (Fsp3) is 0.636. The van der Waals surface area contributed by atoms with Crippen molar-refractivity contribution in [1.82, 2.24) is 14.9 Å². The van der Waals surface area contributed by atoms with Crippen LogP contribution < -0.4 is 10.0 Å². The van der Waals surface area contributed by atoms with E-state index in [1.54, 1.807) is 12.1 Å². The van der Waals surface area contributed by atoms with Crippen LogP contribution in [-0.4, -0.2) is 73.2 Å². The first-order valence-corrected chi connectivity index (χ1v) is 13.2. The molecular weight excluding hydrogens is 470 g/mol. The lowest BCUT2D eigenvalue weighted by molar-refractivity contribution is -0.143. The van der Waals surface area contributed by atoms with E-state index < -0.39 is 40.1 Å². The monoisotopic (exact) mass is 499 g/mol. The molecule has 2 heterocycles. The highest BCUT2D eigenvalue weighted by atomic mass is 35.5. The maximum atomic E-state index is 12.8. The second-order valence-corrected chi connectivity index (χ2v) is 11.7. The van der Waals surface area contributed by atoms with E-state index >= 15 is 0 Å². The zero-order valence-corrected chi connectivity index (χ0v) is 19.8. The van der Waals surface area contributed by atoms with E-state index in [-0.39, 0.29) is 17.2 Å². The average Bonchev–Trinajstić information content (AvgIpc) is 3.14. The van der Waals surface area contributed by atoms with E-state index in [4.69, 9.17) is 11.6 Å². The van der Waals surface area contributed by atoms with Gasteiger partial charge in [-0.25, -0.2) is 13.1 Å². The second kappa shape index (κ2) is 9.87. The Morgan fingerprint density at radius 1 is 1.12 bits per heavy atom. The van der Waals surface area contributed by atoms with E-state index in [9.17, 15) is 28.2 Å². The minimum absolute atomic E-state index is 0.0533. The zero-order valence-electron chi connectivity index (χ0n) is 18.2. The molecule has 3 fully saturated rings. The van der Waals surface area contributed by atoms with Gasteiger partial charge in [0.2, 0.25) is 10.0 Å². The number of piperidine rings is 1. The predicted octanol–water partition coefficient (Wildman–Crippen LogP) is 1.62. The summed E-state index contributed by atoms with van der Waals surface area (Å²) in [6, 6.07) is 4.19. The lowest BCUT2D eigenvalue weighted by Crippen LogP contribution is -2.50. The Bertz CT molecular complexity index is 1010. The Balaban J connectivity index is 1.39. The molecule has 1 aliphatic carbocycles. The SMILES string of the molecule is O=C(O)[C@@H]1C[C@H]2C[C@@H](CN3C[C@@H](NS(=O)(=O)c4cccc(Cl)c4)C[C@H]3C(=O)O)CC[C@H]2CN1. The maximum Gasteiger partial charge on any atom is 0.320 e. The molecule has 4 N–H and O–H groups in total. The summed E-state index contributed by atoms with van der Waals surface area (Å²) in [5.41, 5.74) is 0. The number of carboxylic acid groups (broad SMARTS) is 2. The normalized spacial score (nSPS) is 32.9. The standard InChI is InChI=1S/C22H30ClN3O6S/c23-16-2-1-3-18(8-16)33(31,32)25-17-9-20(22(29)30)26(12-17)11-13-4-5-14-10-24-19(21(27)28)7-15(14)6-13/h1-3,8,13-15,17,19-20,24-25H,4-7,9-12H2,(H,27,28)(H,29,30)/t13-,14-,15+,17-,19-,20-/m0/s1. The van der Waals surface area contributed by atoms with E-state index in [1.165, 1.54) is 12.1 Å². The summed E-state index contributed by atoms with van der Waals surface area (Å²) < 4.78 is 28.2. The lowest BCUT2D eigenvalue weighted by Gasteiger charge is -2.42. The molecule has 0 amide bonds. The molecule has 33 heavy (non-hydrogen) atoms. The molecule has 0 unspecified atom stereocenters. The van der Waals surface area contributed by atoms with Crippen molar-refractivity contribution in [3.8, 4) is 0 Å². The minimum atomic E-state index is -3.82. The van der Waals surface area contributed by atoms with Crippen LogP contribution in [0.25, 0.3) is 0 Å². The van der Waals surface area contributed by atoms with E-state index in [1.807, 2.05) is 4.90 Å². The zero-order chi connectivity index (χ0) is 23.8. The molecule has 0 aromatic heterocycles. The van der Waals surface area contributed by atoms with Crippen LogP contribution in [0, 0.1) is 17.8 Å². The molecule has 9 nitrogen and oxygen atoms in total. The summed E-state index contributed by atoms with van der Waals surface area (Å²) in [6.45, 7) is 1.60. The van der Waals surface area contributed by atoms with Crippen molar-refractivity contribution in [1.29, 1.82) is 0 Å². The van der Waals surface area contributed by atoms with Crippen LogP contribution in [0.1, 0.15) is 32.1 Å². The van der Waals surface area contributed by atoms with Gasteiger partial charge in [0.1, 0.15) is 12.1 Å². The van der Waals surface area contributed by atoms with Crippen LogP contribution in [0.2, 0.25) is 5.02 Å². The van der Waals surface area contributed by atoms with Gasteiger partial charge in [0.25, 0.3) is 0 Å².